The van der Waals surface area contributed by atoms with Crippen molar-refractivity contribution in [3.8, 4) is 0 Å². The van der Waals surface area contributed by atoms with Gasteiger partial charge in [-0.1, -0.05) is 57.8 Å². The maximum atomic E-state index is 9.28. The number of rotatable bonds is 4. The Bertz CT molecular complexity index is 775. The van der Waals surface area contributed by atoms with Gasteiger partial charge in [-0.25, -0.2) is 0 Å². The smallest absolute Gasteiger partial charge is 0.157 e. The highest BCUT2D eigenvalue weighted by atomic mass is 35.5. The van der Waals surface area contributed by atoms with Crippen LogP contribution in [0.3, 0.4) is 0 Å². The second-order valence-corrected chi connectivity index (χ2v) is 6.12. The normalized spacial score (nSPS) is 17.7. The van der Waals surface area contributed by atoms with E-state index in [1.165, 1.54) is 0 Å². The third kappa shape index (κ3) is 3.84. The SMILES string of the molecule is O/N=C(/CC1=NOC(c2cccc(Cl)c2)C1)c1cccc(Cl)c1. The molecule has 0 bridgehead atoms. The maximum Gasteiger partial charge on any atom is 0.157 e. The molecule has 0 spiro atoms. The molecule has 118 valence electrons. The first-order valence-corrected chi connectivity index (χ1v) is 7.85. The molecular weight excluding hydrogens is 335 g/mol. The average Bonchev–Trinajstić information content (AvgIpc) is 3.01. The Morgan fingerprint density at radius 1 is 1.17 bits per heavy atom. The monoisotopic (exact) mass is 348 g/mol. The van der Waals surface area contributed by atoms with Crippen molar-refractivity contribution in [1.82, 2.24) is 0 Å². The molecule has 4 nitrogen and oxygen atoms in total. The Labute approximate surface area is 144 Å². The topological polar surface area (TPSA) is 54.2 Å². The summed E-state index contributed by atoms with van der Waals surface area (Å²) in [4.78, 5) is 5.48. The molecular formula is C17H14Cl2N2O2. The molecule has 0 radical (unpaired) electrons. The van der Waals surface area contributed by atoms with Crippen LogP contribution in [0.4, 0.5) is 0 Å². The minimum absolute atomic E-state index is 0.164. The van der Waals surface area contributed by atoms with Crippen LogP contribution in [0.15, 0.2) is 58.8 Å². The number of halogens is 2. The van der Waals surface area contributed by atoms with Crippen LogP contribution in [0.5, 0.6) is 0 Å². The van der Waals surface area contributed by atoms with Crippen LogP contribution < -0.4 is 0 Å². The predicted octanol–water partition coefficient (Wildman–Crippen LogP) is 5.08. The van der Waals surface area contributed by atoms with E-state index in [1.807, 2.05) is 36.4 Å². The predicted molar refractivity (Wildman–Crippen MR) is 91.7 cm³/mol. The van der Waals surface area contributed by atoms with Crippen LogP contribution in [-0.2, 0) is 4.84 Å². The Hall–Kier alpha value is -2.04. The van der Waals surface area contributed by atoms with E-state index >= 15 is 0 Å². The minimum atomic E-state index is -0.164. The highest BCUT2D eigenvalue weighted by Gasteiger charge is 2.24. The van der Waals surface area contributed by atoms with E-state index in [-0.39, 0.29) is 6.10 Å². The summed E-state index contributed by atoms with van der Waals surface area (Å²) < 4.78 is 0. The molecule has 1 aliphatic rings. The van der Waals surface area contributed by atoms with Crippen molar-refractivity contribution in [1.29, 1.82) is 0 Å². The van der Waals surface area contributed by atoms with Gasteiger partial charge in [-0.15, -0.1) is 0 Å². The van der Waals surface area contributed by atoms with Crippen molar-refractivity contribution in [3.05, 3.63) is 69.7 Å². The van der Waals surface area contributed by atoms with E-state index in [9.17, 15) is 5.21 Å². The van der Waals surface area contributed by atoms with Crippen molar-refractivity contribution in [2.75, 3.05) is 0 Å². The standard InChI is InChI=1S/C17H14Cl2N2O2/c18-13-5-1-3-11(7-13)16(20-22)9-15-10-17(23-21-15)12-4-2-6-14(19)8-12/h1-8,17,22H,9-10H2/b20-16-. The summed E-state index contributed by atoms with van der Waals surface area (Å²) >= 11 is 12.0. The van der Waals surface area contributed by atoms with Gasteiger partial charge >= 0.3 is 0 Å². The molecule has 3 rings (SSSR count). The summed E-state index contributed by atoms with van der Waals surface area (Å²) in [6.07, 6.45) is 0.858. The van der Waals surface area contributed by atoms with Gasteiger partial charge in [0, 0.05) is 28.5 Å². The summed E-state index contributed by atoms with van der Waals surface area (Å²) in [6.45, 7) is 0. The molecule has 0 amide bonds. The van der Waals surface area contributed by atoms with Crippen molar-refractivity contribution < 1.29 is 10.0 Å². The highest BCUT2D eigenvalue weighted by Crippen LogP contribution is 2.30. The first-order valence-electron chi connectivity index (χ1n) is 7.09. The third-order valence-electron chi connectivity index (χ3n) is 3.60. The van der Waals surface area contributed by atoms with Crippen LogP contribution in [0.25, 0.3) is 0 Å². The van der Waals surface area contributed by atoms with Gasteiger partial charge in [-0.2, -0.15) is 0 Å². The number of oxime groups is 2. The van der Waals surface area contributed by atoms with Gasteiger partial charge in [0.15, 0.2) is 6.10 Å². The van der Waals surface area contributed by atoms with Crippen LogP contribution in [0, 0.1) is 0 Å². The van der Waals surface area contributed by atoms with Crippen molar-refractivity contribution >= 4 is 34.6 Å². The van der Waals surface area contributed by atoms with Crippen molar-refractivity contribution in [2.24, 2.45) is 10.3 Å². The Morgan fingerprint density at radius 2 is 1.91 bits per heavy atom. The molecule has 1 N–H and O–H groups in total. The molecule has 2 aromatic rings. The van der Waals surface area contributed by atoms with Crippen molar-refractivity contribution in [3.63, 3.8) is 0 Å². The lowest BCUT2D eigenvalue weighted by atomic mass is 9.99. The summed E-state index contributed by atoms with van der Waals surface area (Å²) in [5.41, 5.74) is 3.04. The Kier molecular flexibility index (Phi) is 4.84. The van der Waals surface area contributed by atoms with E-state index < -0.39 is 0 Å². The number of hydrogen-bond donors (Lipinski definition) is 1. The van der Waals surface area contributed by atoms with Crippen molar-refractivity contribution in [2.45, 2.75) is 18.9 Å². The lowest BCUT2D eigenvalue weighted by Crippen LogP contribution is -2.09. The van der Waals surface area contributed by atoms with Gasteiger partial charge in [0.25, 0.3) is 0 Å². The molecule has 0 saturated carbocycles. The van der Waals surface area contributed by atoms with Crippen LogP contribution in [0.2, 0.25) is 10.0 Å². The van der Waals surface area contributed by atoms with Crippen LogP contribution in [0.1, 0.15) is 30.1 Å². The van der Waals surface area contributed by atoms with Gasteiger partial charge in [0.2, 0.25) is 0 Å². The second kappa shape index (κ2) is 7.02. The Balaban J connectivity index is 1.69. The molecule has 1 aliphatic heterocycles. The van der Waals surface area contributed by atoms with E-state index in [2.05, 4.69) is 10.3 Å². The molecule has 23 heavy (non-hydrogen) atoms. The summed E-state index contributed by atoms with van der Waals surface area (Å²) in [5, 5.41) is 18.0. The van der Waals surface area contributed by atoms with Gasteiger partial charge in [0.1, 0.15) is 0 Å². The van der Waals surface area contributed by atoms with E-state index in [4.69, 9.17) is 28.0 Å². The fraction of sp³-hybridized carbons (Fsp3) is 0.176. The number of benzene rings is 2. The van der Waals surface area contributed by atoms with Crippen LogP contribution in [-0.4, -0.2) is 16.6 Å². The largest absolute Gasteiger partial charge is 0.411 e. The first kappa shape index (κ1) is 15.8. The average molecular weight is 349 g/mol. The number of nitrogens with zero attached hydrogens (tertiary/aromatic N) is 2. The van der Waals surface area contributed by atoms with Crippen LogP contribution >= 0.6 is 23.2 Å². The molecule has 1 atom stereocenters. The molecule has 0 saturated heterocycles. The molecule has 1 heterocycles. The highest BCUT2D eigenvalue weighted by molar-refractivity contribution is 6.31. The van der Waals surface area contributed by atoms with Gasteiger partial charge in [-0.05, 0) is 29.8 Å². The molecule has 0 fully saturated rings. The van der Waals surface area contributed by atoms with E-state index in [0.717, 1.165) is 16.8 Å². The molecule has 6 heteroatoms. The zero-order chi connectivity index (χ0) is 16.2. The second-order valence-electron chi connectivity index (χ2n) is 5.24. The maximum absolute atomic E-state index is 9.28. The molecule has 0 aromatic heterocycles. The van der Waals surface area contributed by atoms with Gasteiger partial charge < -0.3 is 10.0 Å². The summed E-state index contributed by atoms with van der Waals surface area (Å²) in [7, 11) is 0. The summed E-state index contributed by atoms with van der Waals surface area (Å²) in [5.74, 6) is 0. The molecule has 1 unspecified atom stereocenters. The quantitative estimate of drug-likeness (QED) is 0.475. The zero-order valence-corrected chi connectivity index (χ0v) is 13.6. The van der Waals surface area contributed by atoms with Gasteiger partial charge in [0.05, 0.1) is 11.4 Å². The Morgan fingerprint density at radius 3 is 2.61 bits per heavy atom. The molecule has 0 aliphatic carbocycles. The fourth-order valence-corrected chi connectivity index (χ4v) is 2.86. The van der Waals surface area contributed by atoms with E-state index in [1.54, 1.807) is 12.1 Å². The van der Waals surface area contributed by atoms with E-state index in [0.29, 0.717) is 28.6 Å². The minimum Gasteiger partial charge on any atom is -0.411 e. The third-order valence-corrected chi connectivity index (χ3v) is 4.07. The molecule has 2 aromatic carbocycles. The zero-order valence-electron chi connectivity index (χ0n) is 12.1. The first-order chi connectivity index (χ1) is 11.2. The van der Waals surface area contributed by atoms with Gasteiger partial charge in [-0.3, -0.25) is 0 Å². The lowest BCUT2D eigenvalue weighted by molar-refractivity contribution is 0.0857. The fourth-order valence-electron chi connectivity index (χ4n) is 2.47. The lowest BCUT2D eigenvalue weighted by Gasteiger charge is -2.08. The number of hydrogen-bond acceptors (Lipinski definition) is 4. The summed E-state index contributed by atoms with van der Waals surface area (Å²) in [6, 6.07) is 14.7.